The Hall–Kier alpha value is -2.59. The highest BCUT2D eigenvalue weighted by molar-refractivity contribution is 6.06. The number of furan rings is 1. The van der Waals surface area contributed by atoms with Crippen LogP contribution >= 0.6 is 0 Å². The Labute approximate surface area is 146 Å². The van der Waals surface area contributed by atoms with Crippen LogP contribution in [0.25, 0.3) is 11.0 Å². The maximum Gasteiger partial charge on any atom is 0.257 e. The summed E-state index contributed by atoms with van der Waals surface area (Å²) in [5.74, 6) is -0.00675. The van der Waals surface area contributed by atoms with E-state index in [0.29, 0.717) is 12.0 Å². The monoisotopic (exact) mass is 335 g/mol. The fourth-order valence-corrected chi connectivity index (χ4v) is 3.72. The summed E-state index contributed by atoms with van der Waals surface area (Å²) in [6.45, 7) is 0.727. The zero-order valence-electron chi connectivity index (χ0n) is 14.0. The summed E-state index contributed by atoms with van der Waals surface area (Å²) in [5.41, 5.74) is 2.23. The lowest BCUT2D eigenvalue weighted by atomic mass is 10.00. The van der Waals surface area contributed by atoms with Gasteiger partial charge in [0.2, 0.25) is 0 Å². The molecule has 1 aromatic heterocycles. The molecule has 1 aliphatic heterocycles. The Kier molecular flexibility index (Phi) is 4.28. The minimum atomic E-state index is -0.555. The summed E-state index contributed by atoms with van der Waals surface area (Å²) in [7, 11) is 0. The summed E-state index contributed by atoms with van der Waals surface area (Å²) in [6.07, 6.45) is 3.45. The second-order valence-corrected chi connectivity index (χ2v) is 6.60. The van der Waals surface area contributed by atoms with E-state index in [2.05, 4.69) is 0 Å². The van der Waals surface area contributed by atoms with Gasteiger partial charge in [0, 0.05) is 18.0 Å². The summed E-state index contributed by atoms with van der Waals surface area (Å²) in [5, 5.41) is 11.4. The van der Waals surface area contributed by atoms with E-state index in [-0.39, 0.29) is 11.9 Å². The number of fused-ring (bicyclic) bond motifs is 1. The van der Waals surface area contributed by atoms with Gasteiger partial charge in [0.25, 0.3) is 5.91 Å². The number of nitrogens with zero attached hydrogens (tertiary/aromatic N) is 1. The van der Waals surface area contributed by atoms with Crippen molar-refractivity contribution in [3.8, 4) is 0 Å². The number of para-hydroxylation sites is 1. The number of rotatable bonds is 4. The van der Waals surface area contributed by atoms with Gasteiger partial charge >= 0.3 is 0 Å². The Morgan fingerprint density at radius 1 is 1.16 bits per heavy atom. The molecule has 0 aliphatic carbocycles. The second-order valence-electron chi connectivity index (χ2n) is 6.60. The third kappa shape index (κ3) is 3.05. The first-order valence-electron chi connectivity index (χ1n) is 8.74. The summed E-state index contributed by atoms with van der Waals surface area (Å²) >= 11 is 0. The first kappa shape index (κ1) is 15.9. The van der Waals surface area contributed by atoms with E-state index in [4.69, 9.17) is 4.42 Å². The first-order valence-corrected chi connectivity index (χ1v) is 8.74. The Balaban J connectivity index is 1.54. The molecule has 2 atom stereocenters. The van der Waals surface area contributed by atoms with Crippen LogP contribution in [0.2, 0.25) is 0 Å². The molecular formula is C21H21NO3. The number of benzene rings is 2. The molecule has 0 spiro atoms. The van der Waals surface area contributed by atoms with Gasteiger partial charge < -0.3 is 14.4 Å². The van der Waals surface area contributed by atoms with Crippen molar-refractivity contribution in [2.75, 3.05) is 6.54 Å². The Morgan fingerprint density at radius 3 is 2.76 bits per heavy atom. The zero-order valence-corrected chi connectivity index (χ0v) is 14.0. The normalized spacial score (nSPS) is 18.6. The van der Waals surface area contributed by atoms with E-state index in [1.54, 1.807) is 6.26 Å². The van der Waals surface area contributed by atoms with Crippen LogP contribution in [0.15, 0.2) is 65.3 Å². The van der Waals surface area contributed by atoms with Gasteiger partial charge in [-0.25, -0.2) is 0 Å². The standard InChI is InChI=1S/C21H21NO3/c23-19(15-7-2-1-3-8-15)13-16-9-6-12-22(16)21(24)18-14-25-20-11-5-4-10-17(18)20/h1-5,7-8,10-11,14,16,19,23H,6,9,12-13H2. The van der Waals surface area contributed by atoms with Crippen molar-refractivity contribution in [3.63, 3.8) is 0 Å². The van der Waals surface area contributed by atoms with Crippen molar-refractivity contribution in [1.29, 1.82) is 0 Å². The van der Waals surface area contributed by atoms with Crippen LogP contribution in [0.3, 0.4) is 0 Å². The first-order chi connectivity index (χ1) is 12.2. The molecule has 4 nitrogen and oxygen atoms in total. The number of aliphatic hydroxyl groups excluding tert-OH is 1. The maximum absolute atomic E-state index is 13.0. The minimum Gasteiger partial charge on any atom is -0.463 e. The highest BCUT2D eigenvalue weighted by Gasteiger charge is 2.32. The van der Waals surface area contributed by atoms with Gasteiger partial charge in [0.1, 0.15) is 11.8 Å². The molecule has 4 rings (SSSR count). The van der Waals surface area contributed by atoms with Gasteiger partial charge in [-0.2, -0.15) is 0 Å². The molecule has 0 bridgehead atoms. The van der Waals surface area contributed by atoms with E-state index < -0.39 is 6.10 Å². The number of hydrogen-bond donors (Lipinski definition) is 1. The quantitative estimate of drug-likeness (QED) is 0.779. The highest BCUT2D eigenvalue weighted by Crippen LogP contribution is 2.30. The van der Waals surface area contributed by atoms with Crippen molar-refractivity contribution in [2.45, 2.75) is 31.4 Å². The van der Waals surface area contributed by atoms with Crippen LogP contribution in [0.5, 0.6) is 0 Å². The van der Waals surface area contributed by atoms with Gasteiger partial charge in [0.05, 0.1) is 11.7 Å². The van der Waals surface area contributed by atoms with Gasteiger partial charge in [-0.05, 0) is 30.9 Å². The number of hydrogen-bond acceptors (Lipinski definition) is 3. The molecule has 1 fully saturated rings. The van der Waals surface area contributed by atoms with Gasteiger partial charge in [-0.1, -0.05) is 48.5 Å². The summed E-state index contributed by atoms with van der Waals surface area (Å²) < 4.78 is 5.52. The van der Waals surface area contributed by atoms with Gasteiger partial charge in [-0.15, -0.1) is 0 Å². The lowest BCUT2D eigenvalue weighted by Crippen LogP contribution is -2.36. The molecule has 1 amide bonds. The predicted octanol–water partition coefficient (Wildman–Crippen LogP) is 4.16. The van der Waals surface area contributed by atoms with Crippen molar-refractivity contribution in [1.82, 2.24) is 4.90 Å². The Bertz CT molecular complexity index is 871. The molecule has 2 unspecified atom stereocenters. The molecule has 25 heavy (non-hydrogen) atoms. The van der Waals surface area contributed by atoms with Gasteiger partial charge in [0.15, 0.2) is 0 Å². The zero-order chi connectivity index (χ0) is 17.2. The minimum absolute atomic E-state index is 0.00675. The van der Waals surface area contributed by atoms with Crippen molar-refractivity contribution < 1.29 is 14.3 Å². The summed E-state index contributed by atoms with van der Waals surface area (Å²) in [6, 6.07) is 17.3. The van der Waals surface area contributed by atoms with Crippen LogP contribution in [-0.4, -0.2) is 28.5 Å². The molecule has 128 valence electrons. The number of carbonyl (C=O) groups is 1. The largest absolute Gasteiger partial charge is 0.463 e. The summed E-state index contributed by atoms with van der Waals surface area (Å²) in [4.78, 5) is 14.9. The van der Waals surface area contributed by atoms with Crippen LogP contribution < -0.4 is 0 Å². The fourth-order valence-electron chi connectivity index (χ4n) is 3.72. The van der Waals surface area contributed by atoms with Crippen molar-refractivity contribution >= 4 is 16.9 Å². The molecule has 2 aromatic carbocycles. The number of likely N-dealkylation sites (tertiary alicyclic amines) is 1. The maximum atomic E-state index is 13.0. The highest BCUT2D eigenvalue weighted by atomic mass is 16.3. The third-order valence-electron chi connectivity index (χ3n) is 5.03. The molecular weight excluding hydrogens is 314 g/mol. The topological polar surface area (TPSA) is 53.7 Å². The molecule has 1 saturated heterocycles. The van der Waals surface area contributed by atoms with Crippen molar-refractivity contribution in [2.24, 2.45) is 0 Å². The molecule has 0 radical (unpaired) electrons. The SMILES string of the molecule is O=C(c1coc2ccccc12)N1CCCC1CC(O)c1ccccc1. The average Bonchev–Trinajstić information content (AvgIpc) is 3.29. The molecule has 0 saturated carbocycles. The van der Waals surface area contributed by atoms with Crippen LogP contribution in [0.4, 0.5) is 0 Å². The van der Waals surface area contributed by atoms with Gasteiger partial charge in [-0.3, -0.25) is 4.79 Å². The lowest BCUT2D eigenvalue weighted by Gasteiger charge is -2.26. The van der Waals surface area contributed by atoms with E-state index >= 15 is 0 Å². The van der Waals surface area contributed by atoms with Crippen LogP contribution in [0, 0.1) is 0 Å². The third-order valence-corrected chi connectivity index (χ3v) is 5.03. The van der Waals surface area contributed by atoms with E-state index in [1.807, 2.05) is 59.5 Å². The van der Waals surface area contributed by atoms with E-state index in [0.717, 1.165) is 35.9 Å². The smallest absolute Gasteiger partial charge is 0.257 e. The number of aliphatic hydroxyl groups is 1. The Morgan fingerprint density at radius 2 is 1.92 bits per heavy atom. The van der Waals surface area contributed by atoms with Crippen LogP contribution in [-0.2, 0) is 0 Å². The van der Waals surface area contributed by atoms with E-state index in [9.17, 15) is 9.90 Å². The molecule has 1 aliphatic rings. The lowest BCUT2D eigenvalue weighted by molar-refractivity contribution is 0.0668. The fraction of sp³-hybridized carbons (Fsp3) is 0.286. The number of amides is 1. The molecule has 3 aromatic rings. The van der Waals surface area contributed by atoms with E-state index in [1.165, 1.54) is 0 Å². The average molecular weight is 335 g/mol. The second kappa shape index (κ2) is 6.73. The van der Waals surface area contributed by atoms with Crippen molar-refractivity contribution in [3.05, 3.63) is 72.0 Å². The van der Waals surface area contributed by atoms with Crippen LogP contribution in [0.1, 0.15) is 41.3 Å². The number of carbonyl (C=O) groups excluding carboxylic acids is 1. The molecule has 4 heteroatoms. The predicted molar refractivity (Wildman–Crippen MR) is 96.3 cm³/mol. The molecule has 1 N–H and O–H groups in total. The molecule has 2 heterocycles.